The number of nitrogens with zero attached hydrogens (tertiary/aromatic N) is 1. The Bertz CT molecular complexity index is 573. The molecule has 152 valence electrons. The molecule has 4 rings (SSSR count). The second kappa shape index (κ2) is 7.84. The van der Waals surface area contributed by atoms with Crippen molar-refractivity contribution in [2.45, 2.75) is 95.0 Å². The van der Waals surface area contributed by atoms with Crippen molar-refractivity contribution in [2.75, 3.05) is 0 Å². The molecular formula is C22H35NO4. The van der Waals surface area contributed by atoms with Crippen molar-refractivity contribution in [2.24, 2.45) is 23.7 Å². The van der Waals surface area contributed by atoms with Crippen LogP contribution in [0.15, 0.2) is 12.2 Å². The zero-order chi connectivity index (χ0) is 19.1. The van der Waals surface area contributed by atoms with E-state index in [2.05, 4.69) is 17.9 Å². The lowest BCUT2D eigenvalue weighted by molar-refractivity contribution is -0.146. The van der Waals surface area contributed by atoms with Gasteiger partial charge < -0.3 is 15.3 Å². The molecule has 2 aliphatic heterocycles. The molecule has 0 amide bonds. The van der Waals surface area contributed by atoms with Crippen molar-refractivity contribution >= 4 is 5.97 Å². The molecule has 0 aromatic rings. The maximum atomic E-state index is 11.7. The second-order valence-electron chi connectivity index (χ2n) is 9.51. The fourth-order valence-electron chi connectivity index (χ4n) is 6.63. The molecule has 4 fully saturated rings. The molecule has 5 nitrogen and oxygen atoms in total. The Labute approximate surface area is 162 Å². The van der Waals surface area contributed by atoms with Gasteiger partial charge in [0.2, 0.25) is 0 Å². The predicted molar refractivity (Wildman–Crippen MR) is 103 cm³/mol. The van der Waals surface area contributed by atoms with Crippen LogP contribution in [0, 0.1) is 23.7 Å². The molecule has 0 aromatic carbocycles. The number of aliphatic hydroxyl groups is 2. The highest BCUT2D eigenvalue weighted by Gasteiger charge is 2.55. The van der Waals surface area contributed by atoms with Gasteiger partial charge in [-0.25, -0.2) is 0 Å². The van der Waals surface area contributed by atoms with Crippen LogP contribution in [0.4, 0.5) is 0 Å². The Hall–Kier alpha value is -0.910. The van der Waals surface area contributed by atoms with Crippen LogP contribution in [0.2, 0.25) is 0 Å². The maximum absolute atomic E-state index is 11.7. The average molecular weight is 378 g/mol. The zero-order valence-electron chi connectivity index (χ0n) is 16.4. The van der Waals surface area contributed by atoms with Gasteiger partial charge in [-0.05, 0) is 49.9 Å². The largest absolute Gasteiger partial charge is 0.480 e. The molecule has 0 spiro atoms. The molecule has 2 saturated heterocycles. The minimum atomic E-state index is -0.713. The first-order valence-electron chi connectivity index (χ1n) is 11.0. The molecule has 2 saturated carbocycles. The summed E-state index contributed by atoms with van der Waals surface area (Å²) in [5.74, 6) is 0.525. The number of fused-ring (bicyclic) bond motifs is 3. The van der Waals surface area contributed by atoms with Gasteiger partial charge in [-0.2, -0.15) is 0 Å². The first-order chi connectivity index (χ1) is 13.0. The highest BCUT2D eigenvalue weighted by atomic mass is 16.4. The van der Waals surface area contributed by atoms with Gasteiger partial charge in [0, 0.05) is 18.0 Å². The van der Waals surface area contributed by atoms with E-state index in [1.807, 2.05) is 6.08 Å². The molecule has 8 atom stereocenters. The van der Waals surface area contributed by atoms with E-state index >= 15 is 0 Å². The van der Waals surface area contributed by atoms with Crippen LogP contribution in [-0.2, 0) is 4.79 Å². The van der Waals surface area contributed by atoms with E-state index in [4.69, 9.17) is 0 Å². The second-order valence-corrected chi connectivity index (χ2v) is 9.51. The summed E-state index contributed by atoms with van der Waals surface area (Å²) in [5, 5.41) is 30.9. The lowest BCUT2D eigenvalue weighted by Crippen LogP contribution is -2.51. The van der Waals surface area contributed by atoms with Crippen LogP contribution in [0.1, 0.15) is 64.7 Å². The number of hydrogen-bond donors (Lipinski definition) is 3. The van der Waals surface area contributed by atoms with Crippen LogP contribution in [0.5, 0.6) is 0 Å². The van der Waals surface area contributed by atoms with Crippen LogP contribution < -0.4 is 0 Å². The van der Waals surface area contributed by atoms with E-state index in [-0.39, 0.29) is 23.9 Å². The van der Waals surface area contributed by atoms with E-state index in [0.717, 1.165) is 25.7 Å². The fourth-order valence-corrected chi connectivity index (χ4v) is 6.63. The minimum Gasteiger partial charge on any atom is -0.480 e. The van der Waals surface area contributed by atoms with E-state index in [0.29, 0.717) is 24.3 Å². The molecule has 27 heavy (non-hydrogen) atoms. The van der Waals surface area contributed by atoms with Crippen molar-refractivity contribution in [3.63, 3.8) is 0 Å². The maximum Gasteiger partial charge on any atom is 0.320 e. The summed E-state index contributed by atoms with van der Waals surface area (Å²) < 4.78 is 0. The van der Waals surface area contributed by atoms with Gasteiger partial charge in [-0.15, -0.1) is 0 Å². The number of aliphatic carboxylic acids is 1. The lowest BCUT2D eigenvalue weighted by atomic mass is 9.85. The van der Waals surface area contributed by atoms with Gasteiger partial charge in [-0.1, -0.05) is 44.8 Å². The van der Waals surface area contributed by atoms with Gasteiger partial charge in [0.1, 0.15) is 6.04 Å². The third-order valence-corrected chi connectivity index (χ3v) is 8.14. The Morgan fingerprint density at radius 1 is 1.11 bits per heavy atom. The molecule has 0 bridgehead atoms. The SMILES string of the molecule is CC(C1CCCC1)[C@@H](O)C=C[C@@H]1[C@H]2CC3CCCC(C(=O)O)N3[C@@H]2C[C@H]1O. The standard InChI is InChI=1S/C22H35NO4/c1-13(14-5-2-3-6-14)20(24)10-9-16-17-11-15-7-4-8-18(22(26)27)23(15)19(17)12-21(16)25/h9-10,13-21,24-25H,2-8,11-12H2,1H3,(H,26,27)/t13?,15?,16-,17-,18?,19-,20+,21-/m1/s1. The number of carboxylic acid groups (broad SMARTS) is 1. The Balaban J connectivity index is 1.44. The van der Waals surface area contributed by atoms with E-state index in [9.17, 15) is 20.1 Å². The average Bonchev–Trinajstić information content (AvgIpc) is 3.35. The van der Waals surface area contributed by atoms with Crippen molar-refractivity contribution in [1.82, 2.24) is 4.90 Å². The summed E-state index contributed by atoms with van der Waals surface area (Å²) in [6.07, 6.45) is 12.5. The quantitative estimate of drug-likeness (QED) is 0.642. The summed E-state index contributed by atoms with van der Waals surface area (Å²) in [4.78, 5) is 13.9. The molecule has 0 radical (unpaired) electrons. The fraction of sp³-hybridized carbons (Fsp3) is 0.864. The summed E-state index contributed by atoms with van der Waals surface area (Å²) in [6, 6.07) is 0.132. The normalized spacial score (nSPS) is 42.3. The van der Waals surface area contributed by atoms with Crippen molar-refractivity contribution in [3.8, 4) is 0 Å². The third kappa shape index (κ3) is 3.58. The number of carboxylic acids is 1. The van der Waals surface area contributed by atoms with Crippen LogP contribution in [0.3, 0.4) is 0 Å². The number of hydrogen-bond acceptors (Lipinski definition) is 4. The van der Waals surface area contributed by atoms with Crippen molar-refractivity contribution in [3.05, 3.63) is 12.2 Å². The predicted octanol–water partition coefficient (Wildman–Crippen LogP) is 2.81. The highest BCUT2D eigenvalue weighted by molar-refractivity contribution is 5.73. The smallest absolute Gasteiger partial charge is 0.320 e. The number of rotatable bonds is 5. The molecule has 3 unspecified atom stereocenters. The number of aliphatic hydroxyl groups excluding tert-OH is 2. The topological polar surface area (TPSA) is 81.0 Å². The van der Waals surface area contributed by atoms with Gasteiger partial charge in [0.15, 0.2) is 0 Å². The molecule has 2 heterocycles. The first-order valence-corrected chi connectivity index (χ1v) is 11.0. The molecule has 0 aromatic heterocycles. The Morgan fingerprint density at radius 3 is 2.56 bits per heavy atom. The molecular weight excluding hydrogens is 342 g/mol. The van der Waals surface area contributed by atoms with Crippen molar-refractivity contribution in [1.29, 1.82) is 0 Å². The Kier molecular flexibility index (Phi) is 5.64. The van der Waals surface area contributed by atoms with Crippen molar-refractivity contribution < 1.29 is 20.1 Å². The summed E-state index contributed by atoms with van der Waals surface area (Å²) in [6.45, 7) is 2.15. The highest BCUT2D eigenvalue weighted by Crippen LogP contribution is 2.49. The van der Waals surface area contributed by atoms with Gasteiger partial charge >= 0.3 is 5.97 Å². The molecule has 2 aliphatic carbocycles. The number of piperidine rings is 1. The number of carbonyl (C=O) groups is 1. The zero-order valence-corrected chi connectivity index (χ0v) is 16.4. The van der Waals surface area contributed by atoms with Gasteiger partial charge in [0.25, 0.3) is 0 Å². The Morgan fingerprint density at radius 2 is 1.85 bits per heavy atom. The van der Waals surface area contributed by atoms with Crippen LogP contribution in [-0.4, -0.2) is 56.5 Å². The van der Waals surface area contributed by atoms with Gasteiger partial charge in [-0.3, -0.25) is 9.69 Å². The summed E-state index contributed by atoms with van der Waals surface area (Å²) in [7, 11) is 0. The van der Waals surface area contributed by atoms with E-state index in [1.54, 1.807) is 0 Å². The summed E-state index contributed by atoms with van der Waals surface area (Å²) >= 11 is 0. The molecule has 3 N–H and O–H groups in total. The monoisotopic (exact) mass is 377 g/mol. The van der Waals surface area contributed by atoms with E-state index < -0.39 is 18.2 Å². The molecule has 4 aliphatic rings. The van der Waals surface area contributed by atoms with Gasteiger partial charge in [0.05, 0.1) is 12.2 Å². The van der Waals surface area contributed by atoms with Crippen LogP contribution >= 0.6 is 0 Å². The third-order valence-electron chi connectivity index (χ3n) is 8.14. The lowest BCUT2D eigenvalue weighted by Gasteiger charge is -2.38. The first kappa shape index (κ1) is 19.4. The van der Waals surface area contributed by atoms with E-state index in [1.165, 1.54) is 25.7 Å². The minimum absolute atomic E-state index is 0.0421. The van der Waals surface area contributed by atoms with Crippen LogP contribution in [0.25, 0.3) is 0 Å². The molecule has 5 heteroatoms. The summed E-state index contributed by atoms with van der Waals surface area (Å²) in [5.41, 5.74) is 0.